The number of amides is 2. The molecule has 22 heavy (non-hydrogen) atoms. The second-order valence-corrected chi connectivity index (χ2v) is 6.55. The van der Waals surface area contributed by atoms with Crippen molar-refractivity contribution in [3.8, 4) is 0 Å². The molecule has 1 aliphatic heterocycles. The van der Waals surface area contributed by atoms with Gasteiger partial charge in [-0.05, 0) is 31.2 Å². The van der Waals surface area contributed by atoms with Gasteiger partial charge in [-0.15, -0.1) is 0 Å². The lowest BCUT2D eigenvalue weighted by molar-refractivity contribution is -0.139. The molecule has 4 nitrogen and oxygen atoms in total. The van der Waals surface area contributed by atoms with E-state index in [0.29, 0.717) is 25.4 Å². The molecule has 2 rings (SSSR count). The summed E-state index contributed by atoms with van der Waals surface area (Å²) in [5, 5.41) is 2.97. The summed E-state index contributed by atoms with van der Waals surface area (Å²) in [5.74, 6) is 0.391. The van der Waals surface area contributed by atoms with Gasteiger partial charge in [0, 0.05) is 19.5 Å². The highest BCUT2D eigenvalue weighted by Gasteiger charge is 2.33. The molecule has 1 aliphatic rings. The van der Waals surface area contributed by atoms with E-state index in [1.54, 1.807) is 4.90 Å². The number of nitrogens with zero attached hydrogens (tertiary/aromatic N) is 1. The predicted molar refractivity (Wildman–Crippen MR) is 87.2 cm³/mol. The first-order valence-corrected chi connectivity index (χ1v) is 8.10. The number of hydrogen-bond acceptors (Lipinski definition) is 2. The Balaban J connectivity index is 1.90. The predicted octanol–water partition coefficient (Wildman–Crippen LogP) is 2.65. The molecule has 1 heterocycles. The normalized spacial score (nSPS) is 17.8. The summed E-state index contributed by atoms with van der Waals surface area (Å²) in [6.07, 6.45) is 2.19. The van der Waals surface area contributed by atoms with Gasteiger partial charge in [-0.2, -0.15) is 0 Å². The molecular formula is C18H26N2O2. The van der Waals surface area contributed by atoms with Crippen molar-refractivity contribution in [3.05, 3.63) is 35.4 Å². The molecule has 1 aromatic rings. The number of rotatable bonds is 5. The molecule has 1 fully saturated rings. The minimum atomic E-state index is -0.295. The van der Waals surface area contributed by atoms with Gasteiger partial charge in [0.05, 0.1) is 0 Å². The molecular weight excluding hydrogens is 276 g/mol. The van der Waals surface area contributed by atoms with Crippen molar-refractivity contribution in [2.45, 2.75) is 52.6 Å². The van der Waals surface area contributed by atoms with Crippen LogP contribution in [0.15, 0.2) is 24.3 Å². The average molecular weight is 302 g/mol. The summed E-state index contributed by atoms with van der Waals surface area (Å²) in [6.45, 7) is 7.32. The fourth-order valence-corrected chi connectivity index (χ4v) is 2.82. The van der Waals surface area contributed by atoms with Gasteiger partial charge in [0.25, 0.3) is 0 Å². The highest BCUT2D eigenvalue weighted by molar-refractivity contribution is 5.88. The van der Waals surface area contributed by atoms with E-state index in [4.69, 9.17) is 0 Å². The molecule has 1 saturated heterocycles. The quantitative estimate of drug-likeness (QED) is 0.909. The largest absolute Gasteiger partial charge is 0.350 e. The zero-order valence-corrected chi connectivity index (χ0v) is 13.8. The lowest BCUT2D eigenvalue weighted by Crippen LogP contribution is -2.46. The molecule has 4 heteroatoms. The van der Waals surface area contributed by atoms with E-state index in [2.05, 4.69) is 5.32 Å². The summed E-state index contributed by atoms with van der Waals surface area (Å²) in [7, 11) is 0. The maximum Gasteiger partial charge on any atom is 0.243 e. The molecule has 0 bridgehead atoms. The molecule has 0 radical (unpaired) electrons. The van der Waals surface area contributed by atoms with Crippen molar-refractivity contribution < 1.29 is 9.59 Å². The molecule has 0 spiro atoms. The van der Waals surface area contributed by atoms with Gasteiger partial charge in [-0.3, -0.25) is 9.59 Å². The van der Waals surface area contributed by atoms with E-state index in [-0.39, 0.29) is 17.9 Å². The summed E-state index contributed by atoms with van der Waals surface area (Å²) in [6, 6.07) is 7.82. The van der Waals surface area contributed by atoms with E-state index in [9.17, 15) is 9.59 Å². The molecule has 0 aromatic heterocycles. The Kier molecular flexibility index (Phi) is 5.58. The molecule has 1 unspecified atom stereocenters. The SMILES string of the molecule is Cc1ccc(CNC(=O)C2CCCN2C(=O)CC(C)C)cc1. The third-order valence-electron chi connectivity index (χ3n) is 4.05. The molecule has 1 aromatic carbocycles. The zero-order chi connectivity index (χ0) is 16.1. The Morgan fingerprint density at radius 3 is 2.59 bits per heavy atom. The van der Waals surface area contributed by atoms with E-state index in [0.717, 1.165) is 18.4 Å². The van der Waals surface area contributed by atoms with Gasteiger partial charge >= 0.3 is 0 Å². The lowest BCUT2D eigenvalue weighted by Gasteiger charge is -2.24. The van der Waals surface area contributed by atoms with E-state index < -0.39 is 0 Å². The van der Waals surface area contributed by atoms with Crippen LogP contribution in [-0.2, 0) is 16.1 Å². The molecule has 1 atom stereocenters. The minimum Gasteiger partial charge on any atom is -0.350 e. The summed E-state index contributed by atoms with van der Waals surface area (Å²) in [5.41, 5.74) is 2.29. The Labute approximate surface area is 132 Å². The van der Waals surface area contributed by atoms with Crippen LogP contribution in [0.25, 0.3) is 0 Å². The standard InChI is InChI=1S/C18H26N2O2/c1-13(2)11-17(21)20-10-4-5-16(20)18(22)19-12-15-8-6-14(3)7-9-15/h6-9,13,16H,4-5,10-12H2,1-3H3,(H,19,22). The van der Waals surface area contributed by atoms with Crippen molar-refractivity contribution in [3.63, 3.8) is 0 Å². The topological polar surface area (TPSA) is 49.4 Å². The Hall–Kier alpha value is -1.84. The third kappa shape index (κ3) is 4.33. The fraction of sp³-hybridized carbons (Fsp3) is 0.556. The second kappa shape index (κ2) is 7.43. The van der Waals surface area contributed by atoms with Gasteiger partial charge < -0.3 is 10.2 Å². The molecule has 2 amide bonds. The molecule has 0 aliphatic carbocycles. The van der Waals surface area contributed by atoms with Crippen LogP contribution in [-0.4, -0.2) is 29.3 Å². The third-order valence-corrected chi connectivity index (χ3v) is 4.05. The van der Waals surface area contributed by atoms with Crippen LogP contribution in [0.4, 0.5) is 0 Å². The smallest absolute Gasteiger partial charge is 0.243 e. The summed E-state index contributed by atoms with van der Waals surface area (Å²) in [4.78, 5) is 26.4. The number of hydrogen-bond donors (Lipinski definition) is 1. The highest BCUT2D eigenvalue weighted by Crippen LogP contribution is 2.20. The maximum atomic E-state index is 12.4. The van der Waals surface area contributed by atoms with Crippen molar-refractivity contribution >= 4 is 11.8 Å². The summed E-state index contributed by atoms with van der Waals surface area (Å²) < 4.78 is 0. The Morgan fingerprint density at radius 1 is 1.27 bits per heavy atom. The number of nitrogens with one attached hydrogen (secondary N) is 1. The maximum absolute atomic E-state index is 12.4. The first kappa shape index (κ1) is 16.5. The first-order chi connectivity index (χ1) is 10.5. The van der Waals surface area contributed by atoms with Crippen molar-refractivity contribution in [1.82, 2.24) is 10.2 Å². The van der Waals surface area contributed by atoms with Crippen LogP contribution in [0.2, 0.25) is 0 Å². The average Bonchev–Trinajstić information content (AvgIpc) is 2.95. The van der Waals surface area contributed by atoms with E-state index >= 15 is 0 Å². The van der Waals surface area contributed by atoms with Gasteiger partial charge in [-0.1, -0.05) is 43.7 Å². The number of aryl methyl sites for hydroxylation is 1. The Morgan fingerprint density at radius 2 is 1.95 bits per heavy atom. The summed E-state index contributed by atoms with van der Waals surface area (Å²) >= 11 is 0. The number of carbonyl (C=O) groups excluding carboxylic acids is 2. The molecule has 1 N–H and O–H groups in total. The monoisotopic (exact) mass is 302 g/mol. The number of likely N-dealkylation sites (tertiary alicyclic amines) is 1. The van der Waals surface area contributed by atoms with Gasteiger partial charge in [0.2, 0.25) is 11.8 Å². The second-order valence-electron chi connectivity index (χ2n) is 6.55. The van der Waals surface area contributed by atoms with Crippen LogP contribution in [0.5, 0.6) is 0 Å². The van der Waals surface area contributed by atoms with Crippen molar-refractivity contribution in [2.24, 2.45) is 5.92 Å². The van der Waals surface area contributed by atoms with Crippen LogP contribution >= 0.6 is 0 Å². The zero-order valence-electron chi connectivity index (χ0n) is 13.8. The van der Waals surface area contributed by atoms with Crippen molar-refractivity contribution in [2.75, 3.05) is 6.54 Å². The molecule has 120 valence electrons. The van der Waals surface area contributed by atoms with E-state index in [1.165, 1.54) is 5.56 Å². The van der Waals surface area contributed by atoms with Crippen LogP contribution in [0.1, 0.15) is 44.2 Å². The van der Waals surface area contributed by atoms with Gasteiger partial charge in [-0.25, -0.2) is 0 Å². The van der Waals surface area contributed by atoms with Gasteiger partial charge in [0.1, 0.15) is 6.04 Å². The van der Waals surface area contributed by atoms with Crippen LogP contribution in [0, 0.1) is 12.8 Å². The fourth-order valence-electron chi connectivity index (χ4n) is 2.82. The van der Waals surface area contributed by atoms with Gasteiger partial charge in [0.15, 0.2) is 0 Å². The highest BCUT2D eigenvalue weighted by atomic mass is 16.2. The van der Waals surface area contributed by atoms with Crippen LogP contribution < -0.4 is 5.32 Å². The lowest BCUT2D eigenvalue weighted by atomic mass is 10.1. The number of carbonyl (C=O) groups is 2. The first-order valence-electron chi connectivity index (χ1n) is 8.10. The van der Waals surface area contributed by atoms with E-state index in [1.807, 2.05) is 45.0 Å². The van der Waals surface area contributed by atoms with Crippen LogP contribution in [0.3, 0.4) is 0 Å². The van der Waals surface area contributed by atoms with Crippen molar-refractivity contribution in [1.29, 1.82) is 0 Å². The Bertz CT molecular complexity index is 522. The minimum absolute atomic E-state index is 0.0322. The molecule has 0 saturated carbocycles. The number of benzene rings is 1.